The summed E-state index contributed by atoms with van der Waals surface area (Å²) in [4.78, 5) is 0. The molecule has 4 aliphatic carbocycles. The van der Waals surface area contributed by atoms with Gasteiger partial charge in [-0.25, -0.2) is 0 Å². The molecule has 0 aliphatic heterocycles. The minimum absolute atomic E-state index is 0.658. The molecular weight excluding hydrogens is 444 g/mol. The molecule has 10 unspecified atom stereocenters. The van der Waals surface area contributed by atoms with Crippen LogP contribution in [-0.2, 0) is 0 Å². The van der Waals surface area contributed by atoms with Crippen LogP contribution in [-0.4, -0.2) is 0 Å². The third kappa shape index (κ3) is 7.81. The predicted molar refractivity (Wildman–Crippen MR) is 170 cm³/mol. The minimum Gasteiger partial charge on any atom is -0.0683 e. The number of hydrogen-bond donors (Lipinski definition) is 0. The summed E-state index contributed by atoms with van der Waals surface area (Å²) >= 11 is 0. The topological polar surface area (TPSA) is 0 Å². The average Bonchev–Trinajstić information content (AvgIpc) is 3.25. The van der Waals surface area contributed by atoms with E-state index >= 15 is 0 Å². The molecule has 0 heterocycles. The lowest BCUT2D eigenvalue weighted by Gasteiger charge is -2.61. The van der Waals surface area contributed by atoms with E-state index in [0.717, 1.165) is 53.3 Å². The monoisotopic (exact) mass is 519 g/mol. The van der Waals surface area contributed by atoms with Gasteiger partial charge in [-0.05, 0) is 122 Å². The van der Waals surface area contributed by atoms with Crippen LogP contribution in [0.1, 0.15) is 173 Å². The standard InChI is InChI=1S/C30H54.C3H8.2C2H6/c1-8-23(20(2)3)10-9-22(5)26-13-14-27-25-12-11-24-19-21(4)15-17-29(24,6)28(25)16-18-30(26,27)7;1-3-2;2*1-2/h20-28H,8-19H2,1-7H3;3H2,1-2H3;2*1-2H3. The average molecular weight is 519 g/mol. The van der Waals surface area contributed by atoms with Gasteiger partial charge in [0.2, 0.25) is 0 Å². The summed E-state index contributed by atoms with van der Waals surface area (Å²) in [7, 11) is 0. The minimum atomic E-state index is 0.658. The van der Waals surface area contributed by atoms with E-state index < -0.39 is 0 Å². The quantitative estimate of drug-likeness (QED) is 0.328. The van der Waals surface area contributed by atoms with Crippen LogP contribution in [0.4, 0.5) is 0 Å². The van der Waals surface area contributed by atoms with Gasteiger partial charge in [0.1, 0.15) is 0 Å². The van der Waals surface area contributed by atoms with Crippen molar-refractivity contribution in [3.8, 4) is 0 Å². The lowest BCUT2D eigenvalue weighted by molar-refractivity contribution is -0.120. The van der Waals surface area contributed by atoms with Crippen LogP contribution >= 0.6 is 0 Å². The van der Waals surface area contributed by atoms with Crippen LogP contribution in [0.15, 0.2) is 0 Å². The Hall–Kier alpha value is 0. The van der Waals surface area contributed by atoms with Crippen molar-refractivity contribution in [1.82, 2.24) is 0 Å². The van der Waals surface area contributed by atoms with Crippen molar-refractivity contribution in [2.45, 2.75) is 173 Å². The lowest BCUT2D eigenvalue weighted by atomic mass is 9.44. The third-order valence-electron chi connectivity index (χ3n) is 12.1. The fourth-order valence-electron chi connectivity index (χ4n) is 10.1. The zero-order chi connectivity index (χ0) is 28.4. The molecule has 4 fully saturated rings. The van der Waals surface area contributed by atoms with Gasteiger partial charge in [-0.15, -0.1) is 0 Å². The molecule has 4 rings (SSSR count). The second-order valence-electron chi connectivity index (χ2n) is 14.4. The van der Waals surface area contributed by atoms with Crippen molar-refractivity contribution in [2.75, 3.05) is 0 Å². The molecular formula is C37H74. The molecule has 0 amide bonds. The molecule has 0 aromatic carbocycles. The van der Waals surface area contributed by atoms with Gasteiger partial charge >= 0.3 is 0 Å². The Morgan fingerprint density at radius 2 is 1.27 bits per heavy atom. The van der Waals surface area contributed by atoms with E-state index in [9.17, 15) is 0 Å². The summed E-state index contributed by atoms with van der Waals surface area (Å²) in [6, 6.07) is 0. The Morgan fingerprint density at radius 3 is 1.84 bits per heavy atom. The smallest absolute Gasteiger partial charge is 0.0264 e. The van der Waals surface area contributed by atoms with Crippen LogP contribution in [0.5, 0.6) is 0 Å². The maximum absolute atomic E-state index is 2.76. The first-order valence-electron chi connectivity index (χ1n) is 17.6. The molecule has 0 spiro atoms. The maximum Gasteiger partial charge on any atom is -0.0264 e. The molecule has 0 bridgehead atoms. The van der Waals surface area contributed by atoms with Crippen molar-refractivity contribution in [3.63, 3.8) is 0 Å². The van der Waals surface area contributed by atoms with E-state index in [-0.39, 0.29) is 0 Å². The summed E-state index contributed by atoms with van der Waals surface area (Å²) in [5.74, 6) is 8.95. The Labute approximate surface area is 237 Å². The van der Waals surface area contributed by atoms with Crippen LogP contribution in [0, 0.1) is 64.1 Å². The second kappa shape index (κ2) is 16.3. The summed E-state index contributed by atoms with van der Waals surface area (Å²) in [6.07, 6.45) is 19.5. The van der Waals surface area contributed by atoms with Gasteiger partial charge in [0.15, 0.2) is 0 Å². The molecule has 0 aromatic rings. The number of hydrogen-bond acceptors (Lipinski definition) is 0. The molecule has 4 aliphatic rings. The molecule has 222 valence electrons. The van der Waals surface area contributed by atoms with Crippen molar-refractivity contribution in [1.29, 1.82) is 0 Å². The van der Waals surface area contributed by atoms with Gasteiger partial charge in [-0.3, -0.25) is 0 Å². The van der Waals surface area contributed by atoms with Gasteiger partial charge < -0.3 is 0 Å². The van der Waals surface area contributed by atoms with Gasteiger partial charge in [0.25, 0.3) is 0 Å². The Bertz CT molecular complexity index is 591. The highest BCUT2D eigenvalue weighted by atomic mass is 14.6. The largest absolute Gasteiger partial charge is 0.0683 e. The van der Waals surface area contributed by atoms with E-state index in [1.165, 1.54) is 44.9 Å². The zero-order valence-electron chi connectivity index (χ0n) is 28.4. The summed E-state index contributed by atoms with van der Waals surface area (Å²) in [6.45, 7) is 30.2. The van der Waals surface area contributed by atoms with Gasteiger partial charge in [0, 0.05) is 0 Å². The van der Waals surface area contributed by atoms with Gasteiger partial charge in [0.05, 0.1) is 0 Å². The van der Waals surface area contributed by atoms with Gasteiger partial charge in [-0.1, -0.05) is 116 Å². The van der Waals surface area contributed by atoms with Crippen LogP contribution < -0.4 is 0 Å². The molecule has 4 saturated carbocycles. The highest BCUT2D eigenvalue weighted by Gasteiger charge is 2.60. The molecule has 0 nitrogen and oxygen atoms in total. The fraction of sp³-hybridized carbons (Fsp3) is 1.00. The molecule has 37 heavy (non-hydrogen) atoms. The lowest BCUT2D eigenvalue weighted by Crippen LogP contribution is -2.53. The van der Waals surface area contributed by atoms with E-state index in [2.05, 4.69) is 62.3 Å². The first-order chi connectivity index (χ1) is 17.6. The molecule has 0 radical (unpaired) electrons. The van der Waals surface area contributed by atoms with Crippen LogP contribution in [0.3, 0.4) is 0 Å². The molecule has 0 saturated heterocycles. The number of rotatable bonds is 6. The van der Waals surface area contributed by atoms with Crippen molar-refractivity contribution in [2.24, 2.45) is 64.1 Å². The fourth-order valence-corrected chi connectivity index (χ4v) is 10.1. The normalized spacial score (nSPS) is 39.7. The summed E-state index contributed by atoms with van der Waals surface area (Å²) < 4.78 is 0. The summed E-state index contributed by atoms with van der Waals surface area (Å²) in [5, 5.41) is 0. The molecule has 10 atom stereocenters. The Morgan fingerprint density at radius 1 is 0.703 bits per heavy atom. The molecule has 0 aromatic heterocycles. The predicted octanol–water partition coefficient (Wildman–Crippen LogP) is 12.8. The first kappa shape index (κ1) is 35.0. The second-order valence-corrected chi connectivity index (χ2v) is 14.4. The van der Waals surface area contributed by atoms with E-state index in [0.29, 0.717) is 10.8 Å². The summed E-state index contributed by atoms with van der Waals surface area (Å²) in [5.41, 5.74) is 1.34. The van der Waals surface area contributed by atoms with E-state index in [1.54, 1.807) is 38.5 Å². The van der Waals surface area contributed by atoms with E-state index in [1.807, 2.05) is 27.7 Å². The highest BCUT2D eigenvalue weighted by Crippen LogP contribution is 2.68. The Kier molecular flexibility index (Phi) is 15.4. The molecule has 0 heteroatoms. The zero-order valence-corrected chi connectivity index (χ0v) is 28.4. The van der Waals surface area contributed by atoms with Crippen molar-refractivity contribution in [3.05, 3.63) is 0 Å². The van der Waals surface area contributed by atoms with Crippen molar-refractivity contribution < 1.29 is 0 Å². The van der Waals surface area contributed by atoms with Crippen LogP contribution in [0.2, 0.25) is 0 Å². The van der Waals surface area contributed by atoms with Crippen LogP contribution in [0.25, 0.3) is 0 Å². The van der Waals surface area contributed by atoms with Crippen molar-refractivity contribution >= 4 is 0 Å². The molecule has 0 N–H and O–H groups in total. The van der Waals surface area contributed by atoms with Gasteiger partial charge in [-0.2, -0.15) is 0 Å². The first-order valence-corrected chi connectivity index (χ1v) is 17.6. The number of fused-ring (bicyclic) bond motifs is 5. The maximum atomic E-state index is 2.76. The Balaban J connectivity index is 0.000000894. The highest BCUT2D eigenvalue weighted by molar-refractivity contribution is 5.09. The third-order valence-corrected chi connectivity index (χ3v) is 12.1. The van der Waals surface area contributed by atoms with E-state index in [4.69, 9.17) is 0 Å². The SMILES string of the molecule is CC.CC.CCC.CCC(CCC(C)C1CCC2C3CCC4CC(C)CCC4(C)C3CCC12C)C(C)C.